The zero-order valence-electron chi connectivity index (χ0n) is 12.9. The molecule has 1 aliphatic rings. The molecule has 124 valence electrons. The van der Waals surface area contributed by atoms with Crippen LogP contribution in [0.3, 0.4) is 0 Å². The number of carbonyl (C=O) groups is 1. The highest BCUT2D eigenvalue weighted by atomic mass is 32.2. The van der Waals surface area contributed by atoms with Gasteiger partial charge >= 0.3 is 6.03 Å². The summed E-state index contributed by atoms with van der Waals surface area (Å²) in [6.07, 6.45) is 1.29. The summed E-state index contributed by atoms with van der Waals surface area (Å²) in [6.45, 7) is 1.98. The van der Waals surface area contributed by atoms with Gasteiger partial charge in [-0.15, -0.1) is 0 Å². The summed E-state index contributed by atoms with van der Waals surface area (Å²) in [4.78, 5) is 12.0. The van der Waals surface area contributed by atoms with Crippen LogP contribution in [-0.4, -0.2) is 32.0 Å². The highest BCUT2D eigenvalue weighted by molar-refractivity contribution is 7.92. The zero-order chi connectivity index (χ0) is 16.4. The predicted octanol–water partition coefficient (Wildman–Crippen LogP) is 2.37. The van der Waals surface area contributed by atoms with E-state index in [2.05, 4.69) is 10.6 Å². The highest BCUT2D eigenvalue weighted by Gasteiger charge is 2.31. The number of rotatable bonds is 4. The molecule has 2 aromatic rings. The first-order valence-corrected chi connectivity index (χ1v) is 9.41. The Hall–Kier alpha value is -2.02. The second-order valence-electron chi connectivity index (χ2n) is 5.89. The number of furan rings is 1. The van der Waals surface area contributed by atoms with Gasteiger partial charge in [-0.1, -0.05) is 18.2 Å². The van der Waals surface area contributed by atoms with E-state index in [4.69, 9.17) is 4.42 Å². The van der Waals surface area contributed by atoms with Crippen LogP contribution in [0.5, 0.6) is 0 Å². The summed E-state index contributed by atoms with van der Waals surface area (Å²) >= 11 is 0. The van der Waals surface area contributed by atoms with Crippen molar-refractivity contribution in [3.05, 3.63) is 36.1 Å². The minimum atomic E-state index is -3.04. The van der Waals surface area contributed by atoms with Crippen LogP contribution in [0.25, 0.3) is 11.0 Å². The second kappa shape index (κ2) is 6.23. The lowest BCUT2D eigenvalue weighted by Crippen LogP contribution is -2.41. The smallest absolute Gasteiger partial charge is 0.315 e. The number of sulfone groups is 1. The van der Waals surface area contributed by atoms with Crippen LogP contribution in [0.4, 0.5) is 4.79 Å². The molecule has 0 saturated carbocycles. The Bertz CT molecular complexity index is 779. The number of fused-ring (bicyclic) bond motifs is 1. The van der Waals surface area contributed by atoms with E-state index in [0.29, 0.717) is 18.6 Å². The molecule has 1 fully saturated rings. The summed E-state index contributed by atoms with van der Waals surface area (Å²) in [5.74, 6) is 0.880. The fraction of sp³-hybridized carbons (Fsp3) is 0.438. The molecule has 1 aromatic heterocycles. The van der Waals surface area contributed by atoms with Gasteiger partial charge in [0.2, 0.25) is 0 Å². The zero-order valence-corrected chi connectivity index (χ0v) is 13.7. The minimum Gasteiger partial charge on any atom is -0.459 e. The Kier molecular flexibility index (Phi) is 4.30. The van der Waals surface area contributed by atoms with Crippen LogP contribution in [0.1, 0.15) is 31.6 Å². The monoisotopic (exact) mass is 336 g/mol. The van der Waals surface area contributed by atoms with Crippen molar-refractivity contribution in [3.63, 3.8) is 0 Å². The van der Waals surface area contributed by atoms with Gasteiger partial charge < -0.3 is 15.1 Å². The van der Waals surface area contributed by atoms with Crippen molar-refractivity contribution >= 4 is 26.8 Å². The first-order valence-electron chi connectivity index (χ1n) is 7.70. The third-order valence-corrected chi connectivity index (χ3v) is 6.45. The average molecular weight is 336 g/mol. The molecule has 0 radical (unpaired) electrons. The number of carbonyl (C=O) groups excluding carboxylic acids is 1. The minimum absolute atomic E-state index is 0.154. The molecule has 1 saturated heterocycles. The van der Waals surface area contributed by atoms with Crippen LogP contribution in [0.15, 0.2) is 34.7 Å². The Balaban J connectivity index is 1.57. The molecule has 0 aliphatic carbocycles. The van der Waals surface area contributed by atoms with Gasteiger partial charge in [-0.3, -0.25) is 0 Å². The Morgan fingerprint density at radius 3 is 2.87 bits per heavy atom. The van der Waals surface area contributed by atoms with Gasteiger partial charge in [0.05, 0.1) is 17.0 Å². The summed E-state index contributed by atoms with van der Waals surface area (Å²) in [7, 11) is -3.04. The molecule has 0 unspecified atom stereocenters. The Morgan fingerprint density at radius 2 is 2.17 bits per heavy atom. The van der Waals surface area contributed by atoms with Crippen LogP contribution in [0, 0.1) is 0 Å². The maximum absolute atomic E-state index is 12.0. The third-order valence-electron chi connectivity index (χ3n) is 4.17. The first-order chi connectivity index (χ1) is 11.0. The van der Waals surface area contributed by atoms with Crippen molar-refractivity contribution < 1.29 is 17.6 Å². The fourth-order valence-corrected chi connectivity index (χ4v) is 4.59. The Morgan fingerprint density at radius 1 is 1.39 bits per heavy atom. The van der Waals surface area contributed by atoms with Gasteiger partial charge in [0.15, 0.2) is 9.84 Å². The highest BCUT2D eigenvalue weighted by Crippen LogP contribution is 2.23. The van der Waals surface area contributed by atoms with Gasteiger partial charge in [-0.2, -0.15) is 0 Å². The predicted molar refractivity (Wildman–Crippen MR) is 88.0 cm³/mol. The maximum Gasteiger partial charge on any atom is 0.315 e. The van der Waals surface area contributed by atoms with E-state index in [0.717, 1.165) is 11.0 Å². The molecule has 0 spiro atoms. The number of amides is 2. The summed E-state index contributed by atoms with van der Waals surface area (Å²) in [5.41, 5.74) is 0.772. The van der Waals surface area contributed by atoms with Gasteiger partial charge in [-0.25, -0.2) is 13.2 Å². The van der Waals surface area contributed by atoms with Crippen molar-refractivity contribution in [2.24, 2.45) is 0 Å². The molecule has 1 aromatic carbocycles. The number of hydrogen-bond donors (Lipinski definition) is 2. The summed E-state index contributed by atoms with van der Waals surface area (Å²) in [5, 5.41) is 5.93. The molecule has 6 nitrogen and oxygen atoms in total. The molecule has 3 rings (SSSR count). The molecule has 2 heterocycles. The van der Waals surface area contributed by atoms with E-state index in [9.17, 15) is 13.2 Å². The van der Waals surface area contributed by atoms with Crippen LogP contribution < -0.4 is 10.6 Å². The van der Waals surface area contributed by atoms with E-state index in [1.54, 1.807) is 0 Å². The second-order valence-corrected chi connectivity index (χ2v) is 8.29. The van der Waals surface area contributed by atoms with Crippen LogP contribution in [0.2, 0.25) is 0 Å². The molecule has 1 aliphatic heterocycles. The normalized spacial score (nSPS) is 21.2. The molecule has 2 atom stereocenters. The van der Waals surface area contributed by atoms with Crippen molar-refractivity contribution in [1.29, 1.82) is 0 Å². The van der Waals surface area contributed by atoms with Crippen LogP contribution >= 0.6 is 0 Å². The number of hydrogen-bond acceptors (Lipinski definition) is 4. The molecule has 2 N–H and O–H groups in total. The van der Waals surface area contributed by atoms with E-state index in [-0.39, 0.29) is 24.4 Å². The molecule has 0 bridgehead atoms. The molecule has 23 heavy (non-hydrogen) atoms. The molecule has 7 heteroatoms. The molecular formula is C16H20N2O4S. The summed E-state index contributed by atoms with van der Waals surface area (Å²) < 4.78 is 29.2. The number of urea groups is 1. The lowest BCUT2D eigenvalue weighted by Gasteiger charge is -2.14. The largest absolute Gasteiger partial charge is 0.459 e. The van der Waals surface area contributed by atoms with Gasteiger partial charge in [0.25, 0.3) is 0 Å². The van der Waals surface area contributed by atoms with Crippen LogP contribution in [-0.2, 0) is 9.84 Å². The van der Waals surface area contributed by atoms with E-state index in [1.807, 2.05) is 37.3 Å². The topological polar surface area (TPSA) is 88.4 Å². The van der Waals surface area contributed by atoms with Crippen molar-refractivity contribution in [1.82, 2.24) is 10.6 Å². The Labute approximate surface area is 135 Å². The van der Waals surface area contributed by atoms with E-state index < -0.39 is 15.1 Å². The number of para-hydroxylation sites is 1. The van der Waals surface area contributed by atoms with Crippen molar-refractivity contribution in [2.75, 3.05) is 12.3 Å². The number of nitrogens with one attached hydrogen (secondary N) is 2. The molecular weight excluding hydrogens is 316 g/mol. The fourth-order valence-electron chi connectivity index (χ4n) is 2.83. The van der Waals surface area contributed by atoms with E-state index >= 15 is 0 Å². The average Bonchev–Trinajstić information content (AvgIpc) is 3.07. The van der Waals surface area contributed by atoms with Gasteiger partial charge in [-0.05, 0) is 31.9 Å². The van der Waals surface area contributed by atoms with E-state index in [1.165, 1.54) is 0 Å². The lowest BCUT2D eigenvalue weighted by molar-refractivity contribution is 0.236. The van der Waals surface area contributed by atoms with Crippen molar-refractivity contribution in [3.8, 4) is 0 Å². The SMILES string of the molecule is C[C@H](NC(=O)NC[C@@H]1CCCS1(=O)=O)c1cc2ccccc2o1. The maximum atomic E-state index is 12.0. The molecule has 2 amide bonds. The first kappa shape index (κ1) is 15.9. The number of benzene rings is 1. The standard InChI is InChI=1S/C16H20N2O4S/c1-11(15-9-12-5-2-3-7-14(12)22-15)18-16(19)17-10-13-6-4-8-23(13,20)21/h2-3,5,7,9,11,13H,4,6,8,10H2,1H3,(H2,17,18,19)/t11-,13-/m0/s1. The third kappa shape index (κ3) is 3.50. The summed E-state index contributed by atoms with van der Waals surface area (Å²) in [6, 6.07) is 8.83. The van der Waals surface area contributed by atoms with Gasteiger partial charge in [0, 0.05) is 11.9 Å². The van der Waals surface area contributed by atoms with Gasteiger partial charge in [0.1, 0.15) is 11.3 Å². The quantitative estimate of drug-likeness (QED) is 0.897. The van der Waals surface area contributed by atoms with Crippen molar-refractivity contribution in [2.45, 2.75) is 31.1 Å². The lowest BCUT2D eigenvalue weighted by atomic mass is 10.2.